The number of aromatic nitrogens is 4. The third-order valence-corrected chi connectivity index (χ3v) is 8.03. The number of methoxy groups -OCH3 is 2. The number of rotatable bonds is 10. The Morgan fingerprint density at radius 2 is 0.958 bits per heavy atom. The first-order valence-corrected chi connectivity index (χ1v) is 15.3. The number of aliphatic hydroxyl groups is 2. The summed E-state index contributed by atoms with van der Waals surface area (Å²) in [5.41, 5.74) is 5.89. The number of anilines is 4. The highest BCUT2D eigenvalue weighted by Crippen LogP contribution is 2.37. The van der Waals surface area contributed by atoms with Crippen LogP contribution in [0.3, 0.4) is 0 Å². The average Bonchev–Trinajstić information content (AvgIpc) is 3.14. The van der Waals surface area contributed by atoms with Gasteiger partial charge in [0.05, 0.1) is 38.5 Å². The fourth-order valence-electron chi connectivity index (χ4n) is 5.55. The number of nitrogens with zero attached hydrogens (tertiary/aromatic N) is 4. The van der Waals surface area contributed by atoms with Crippen LogP contribution < -0.4 is 20.1 Å². The van der Waals surface area contributed by atoms with Crippen LogP contribution in [0.2, 0.25) is 0 Å². The molecule has 7 aromatic rings. The van der Waals surface area contributed by atoms with Gasteiger partial charge in [-0.15, -0.1) is 0 Å². The van der Waals surface area contributed by atoms with Crippen molar-refractivity contribution in [1.82, 2.24) is 19.9 Å². The molecule has 48 heavy (non-hydrogen) atoms. The molecule has 0 bridgehead atoms. The fraction of sp³-hybridized carbons (Fsp3) is 0.105. The molecular weight excluding hydrogens is 604 g/mol. The van der Waals surface area contributed by atoms with E-state index in [2.05, 4.69) is 10.6 Å². The van der Waals surface area contributed by atoms with Gasteiger partial charge in [-0.05, 0) is 53.6 Å². The van der Waals surface area contributed by atoms with Crippen molar-refractivity contribution in [2.24, 2.45) is 0 Å². The summed E-state index contributed by atoms with van der Waals surface area (Å²) in [7, 11) is 3.20. The van der Waals surface area contributed by atoms with Crippen LogP contribution in [0.1, 0.15) is 11.1 Å². The monoisotopic (exact) mass is 636 g/mol. The largest absolute Gasteiger partial charge is 0.493 e. The van der Waals surface area contributed by atoms with E-state index in [9.17, 15) is 10.2 Å². The molecule has 10 heteroatoms. The second kappa shape index (κ2) is 13.3. The highest BCUT2D eigenvalue weighted by atomic mass is 16.5. The number of ether oxygens (including phenoxy) is 2. The minimum atomic E-state index is -0.215. The van der Waals surface area contributed by atoms with Crippen molar-refractivity contribution in [2.45, 2.75) is 13.2 Å². The Labute approximate surface area is 276 Å². The van der Waals surface area contributed by atoms with Crippen LogP contribution in [-0.4, -0.2) is 44.4 Å². The minimum Gasteiger partial charge on any atom is -0.493 e. The third-order valence-electron chi connectivity index (χ3n) is 8.03. The Bertz CT molecular complexity index is 2070. The van der Waals surface area contributed by atoms with Gasteiger partial charge in [0.15, 0.2) is 23.1 Å². The highest BCUT2D eigenvalue weighted by molar-refractivity contribution is 5.95. The first-order chi connectivity index (χ1) is 23.6. The van der Waals surface area contributed by atoms with Gasteiger partial charge in [-0.3, -0.25) is 0 Å². The van der Waals surface area contributed by atoms with Gasteiger partial charge in [0.2, 0.25) is 0 Å². The molecule has 10 nitrogen and oxygen atoms in total. The quantitative estimate of drug-likeness (QED) is 0.120. The summed E-state index contributed by atoms with van der Waals surface area (Å²) in [5, 5.41) is 28.3. The van der Waals surface area contributed by atoms with Crippen molar-refractivity contribution in [3.63, 3.8) is 0 Å². The van der Waals surface area contributed by atoms with Crippen molar-refractivity contribution in [3.05, 3.63) is 120 Å². The molecule has 7 rings (SSSR count). The fourth-order valence-corrected chi connectivity index (χ4v) is 5.55. The number of benzene rings is 5. The first kappa shape index (κ1) is 30.5. The van der Waals surface area contributed by atoms with Crippen molar-refractivity contribution in [2.75, 3.05) is 24.9 Å². The van der Waals surface area contributed by atoms with E-state index in [0.29, 0.717) is 56.9 Å². The number of hydrogen-bond donors (Lipinski definition) is 4. The maximum absolute atomic E-state index is 9.96. The molecule has 0 spiro atoms. The zero-order chi connectivity index (χ0) is 33.0. The molecule has 0 atom stereocenters. The summed E-state index contributed by atoms with van der Waals surface area (Å²) in [6, 6.07) is 34.6. The van der Waals surface area contributed by atoms with Crippen LogP contribution in [0.5, 0.6) is 11.5 Å². The average molecular weight is 637 g/mol. The van der Waals surface area contributed by atoms with Gasteiger partial charge in [-0.25, -0.2) is 19.9 Å². The van der Waals surface area contributed by atoms with E-state index in [1.54, 1.807) is 20.3 Å². The third kappa shape index (κ3) is 6.05. The number of aliphatic hydroxyl groups excluding tert-OH is 2. The maximum atomic E-state index is 9.96. The Kier molecular flexibility index (Phi) is 8.48. The smallest absolute Gasteiger partial charge is 0.162 e. The minimum absolute atomic E-state index is 0.209. The molecule has 0 aliphatic carbocycles. The number of hydrogen-bond acceptors (Lipinski definition) is 10. The Hall–Kier alpha value is -6.10. The standard InChI is InChI=1S/C38H32N6O4/c1-47-33-19-30-32(20-34(33)48-2)42-36(44-38(30)40-28-11-7-4-8-12-28)24-15-13-23(14-16-24)35-41-31-18-26(22-46)25(21-45)17-29(31)37(43-35)39-27-9-5-3-6-10-27/h3-20,45-46H,21-22H2,1-2H3,(H,39,41,43)(H,40,42,44). The summed E-state index contributed by atoms with van der Waals surface area (Å²) >= 11 is 0. The van der Waals surface area contributed by atoms with Gasteiger partial charge >= 0.3 is 0 Å². The zero-order valence-electron chi connectivity index (χ0n) is 26.3. The van der Waals surface area contributed by atoms with Crippen molar-refractivity contribution in [3.8, 4) is 34.3 Å². The second-order valence-corrected chi connectivity index (χ2v) is 11.0. The van der Waals surface area contributed by atoms with Crippen LogP contribution in [0.25, 0.3) is 44.6 Å². The molecule has 0 saturated heterocycles. The van der Waals surface area contributed by atoms with E-state index in [-0.39, 0.29) is 13.2 Å². The summed E-state index contributed by atoms with van der Waals surface area (Å²) in [4.78, 5) is 19.6. The van der Waals surface area contributed by atoms with Crippen LogP contribution in [-0.2, 0) is 13.2 Å². The van der Waals surface area contributed by atoms with Crippen LogP contribution in [0.4, 0.5) is 23.0 Å². The van der Waals surface area contributed by atoms with Gasteiger partial charge in [0.25, 0.3) is 0 Å². The molecule has 2 aromatic heterocycles. The summed E-state index contributed by atoms with van der Waals surface area (Å²) < 4.78 is 11.1. The SMILES string of the molecule is COc1cc2nc(-c3ccc(-c4nc(Nc5ccccc5)c5cc(CO)c(CO)cc5n4)cc3)nc(Nc3ccccc3)c2cc1OC. The Morgan fingerprint density at radius 1 is 0.521 bits per heavy atom. The van der Waals surface area contributed by atoms with E-state index in [1.807, 2.05) is 103 Å². The lowest BCUT2D eigenvalue weighted by atomic mass is 10.0. The normalized spacial score (nSPS) is 11.1. The van der Waals surface area contributed by atoms with Crippen molar-refractivity contribution < 1.29 is 19.7 Å². The van der Waals surface area contributed by atoms with Gasteiger partial charge in [-0.1, -0.05) is 60.7 Å². The second-order valence-electron chi connectivity index (χ2n) is 11.0. The summed E-state index contributed by atoms with van der Waals surface area (Å²) in [6.07, 6.45) is 0. The van der Waals surface area contributed by atoms with Crippen molar-refractivity contribution >= 4 is 44.8 Å². The highest BCUT2D eigenvalue weighted by Gasteiger charge is 2.17. The van der Waals surface area contributed by atoms with Crippen LogP contribution in [0, 0.1) is 0 Å². The van der Waals surface area contributed by atoms with Gasteiger partial charge < -0.3 is 30.3 Å². The molecule has 0 saturated carbocycles. The maximum Gasteiger partial charge on any atom is 0.162 e. The van der Waals surface area contributed by atoms with Crippen molar-refractivity contribution in [1.29, 1.82) is 0 Å². The molecule has 0 amide bonds. The number of nitrogens with one attached hydrogen (secondary N) is 2. The topological polar surface area (TPSA) is 135 Å². The molecular formula is C38H32N6O4. The molecule has 0 fully saturated rings. The first-order valence-electron chi connectivity index (χ1n) is 15.3. The molecule has 5 aromatic carbocycles. The molecule has 0 aliphatic heterocycles. The summed E-state index contributed by atoms with van der Waals surface area (Å²) in [5.74, 6) is 3.38. The lowest BCUT2D eigenvalue weighted by molar-refractivity contribution is 0.260. The molecule has 0 unspecified atom stereocenters. The Balaban J connectivity index is 1.31. The molecule has 2 heterocycles. The van der Waals surface area contributed by atoms with Gasteiger partial charge in [-0.2, -0.15) is 0 Å². The van der Waals surface area contributed by atoms with E-state index in [0.717, 1.165) is 33.3 Å². The van der Waals surface area contributed by atoms with E-state index in [1.165, 1.54) is 0 Å². The zero-order valence-corrected chi connectivity index (χ0v) is 26.3. The number of fused-ring (bicyclic) bond motifs is 2. The van der Waals surface area contributed by atoms with Crippen LogP contribution in [0.15, 0.2) is 109 Å². The summed E-state index contributed by atoms with van der Waals surface area (Å²) in [6.45, 7) is -0.424. The lowest BCUT2D eigenvalue weighted by Crippen LogP contribution is -2.02. The van der Waals surface area contributed by atoms with E-state index >= 15 is 0 Å². The molecule has 238 valence electrons. The predicted octanol–water partition coefficient (Wildman–Crippen LogP) is 7.40. The van der Waals surface area contributed by atoms with E-state index < -0.39 is 0 Å². The van der Waals surface area contributed by atoms with Gasteiger partial charge in [0.1, 0.15) is 11.6 Å². The molecule has 0 aliphatic rings. The molecule has 0 radical (unpaired) electrons. The lowest BCUT2D eigenvalue weighted by Gasteiger charge is -2.15. The van der Waals surface area contributed by atoms with E-state index in [4.69, 9.17) is 29.4 Å². The predicted molar refractivity (Wildman–Crippen MR) is 188 cm³/mol. The number of para-hydroxylation sites is 2. The molecule has 4 N–H and O–H groups in total. The van der Waals surface area contributed by atoms with Crippen LogP contribution >= 0.6 is 0 Å². The Morgan fingerprint density at radius 3 is 1.44 bits per heavy atom. The van der Waals surface area contributed by atoms with Gasteiger partial charge in [0, 0.05) is 39.3 Å².